The first-order chi connectivity index (χ1) is 19.8. The second kappa shape index (κ2) is 10.8. The van der Waals surface area contributed by atoms with E-state index >= 15 is 0 Å². The fourth-order valence-corrected chi connectivity index (χ4v) is 6.06. The van der Waals surface area contributed by atoms with Crippen molar-refractivity contribution in [1.82, 2.24) is 4.57 Å². The molecule has 3 aromatic carbocycles. The molecule has 5 aromatic rings. The lowest BCUT2D eigenvalue weighted by atomic mass is 9.95. The molecular weight excluding hydrogens is 561 g/mol. The van der Waals surface area contributed by atoms with E-state index in [2.05, 4.69) is 10.3 Å². The van der Waals surface area contributed by atoms with E-state index in [0.29, 0.717) is 48.4 Å². The van der Waals surface area contributed by atoms with Gasteiger partial charge >= 0.3 is 0 Å². The molecule has 1 unspecified atom stereocenters. The lowest BCUT2D eigenvalue weighted by Gasteiger charge is -2.25. The quantitative estimate of drug-likeness (QED) is 0.266. The summed E-state index contributed by atoms with van der Waals surface area (Å²) in [5, 5.41) is 3.50. The number of carbonyl (C=O) groups is 1. The number of aryl methyl sites for hydroxylation is 1. The Kier molecular flexibility index (Phi) is 7.03. The smallest absolute Gasteiger partial charge is 0.271 e. The molecule has 1 atom stereocenters. The van der Waals surface area contributed by atoms with Crippen molar-refractivity contribution >= 4 is 40.6 Å². The molecule has 1 amide bonds. The first-order valence-electron chi connectivity index (χ1n) is 12.8. The topological polar surface area (TPSA) is 76.6 Å². The van der Waals surface area contributed by atoms with Crippen molar-refractivity contribution in [3.05, 3.63) is 144 Å². The van der Waals surface area contributed by atoms with Crippen LogP contribution < -0.4 is 20.2 Å². The van der Waals surface area contributed by atoms with Gasteiger partial charge in [0.15, 0.2) is 4.80 Å². The van der Waals surface area contributed by atoms with E-state index in [1.165, 1.54) is 28.0 Å². The van der Waals surface area contributed by atoms with Gasteiger partial charge in [0.1, 0.15) is 17.3 Å². The summed E-state index contributed by atoms with van der Waals surface area (Å²) in [7, 11) is 0. The second-order valence-corrected chi connectivity index (χ2v) is 11.1. The first kappa shape index (κ1) is 26.7. The van der Waals surface area contributed by atoms with Gasteiger partial charge in [-0.25, -0.2) is 9.38 Å². The maximum absolute atomic E-state index is 13.9. The van der Waals surface area contributed by atoms with Crippen LogP contribution in [0.5, 0.6) is 0 Å². The molecule has 41 heavy (non-hydrogen) atoms. The Hall–Kier alpha value is -4.53. The van der Waals surface area contributed by atoms with Gasteiger partial charge in [0.2, 0.25) is 0 Å². The van der Waals surface area contributed by atoms with Gasteiger partial charge < -0.3 is 9.73 Å². The molecule has 6 nitrogen and oxygen atoms in total. The third-order valence-corrected chi connectivity index (χ3v) is 8.07. The first-order valence-corrected chi connectivity index (χ1v) is 14.0. The number of benzene rings is 3. The van der Waals surface area contributed by atoms with Gasteiger partial charge in [-0.15, -0.1) is 0 Å². The maximum atomic E-state index is 13.9. The average Bonchev–Trinajstić information content (AvgIpc) is 3.54. The van der Waals surface area contributed by atoms with Gasteiger partial charge in [-0.05, 0) is 73.5 Å². The Morgan fingerprint density at radius 3 is 2.56 bits per heavy atom. The van der Waals surface area contributed by atoms with Crippen LogP contribution in [-0.4, -0.2) is 10.5 Å². The molecule has 0 spiro atoms. The highest BCUT2D eigenvalue weighted by molar-refractivity contribution is 7.07. The molecule has 0 radical (unpaired) electrons. The number of anilines is 1. The molecule has 1 aliphatic heterocycles. The summed E-state index contributed by atoms with van der Waals surface area (Å²) < 4.78 is 21.8. The van der Waals surface area contributed by atoms with Gasteiger partial charge in [0.25, 0.3) is 11.5 Å². The molecule has 1 aliphatic rings. The normalized spacial score (nSPS) is 15.0. The van der Waals surface area contributed by atoms with Crippen molar-refractivity contribution < 1.29 is 13.6 Å². The Labute approximate surface area is 243 Å². The van der Waals surface area contributed by atoms with Gasteiger partial charge in [-0.3, -0.25) is 14.2 Å². The van der Waals surface area contributed by atoms with Gasteiger partial charge in [0, 0.05) is 22.3 Å². The van der Waals surface area contributed by atoms with Gasteiger partial charge in [0.05, 0.1) is 21.8 Å². The van der Waals surface area contributed by atoms with Crippen molar-refractivity contribution in [3.63, 3.8) is 0 Å². The number of thiazole rings is 1. The fourth-order valence-electron chi connectivity index (χ4n) is 4.86. The van der Waals surface area contributed by atoms with E-state index < -0.39 is 17.8 Å². The van der Waals surface area contributed by atoms with Crippen LogP contribution in [0.1, 0.15) is 29.9 Å². The molecule has 0 bridgehead atoms. The lowest BCUT2D eigenvalue weighted by molar-refractivity contribution is -0.113. The minimum Gasteiger partial charge on any atom is -0.457 e. The number of amides is 1. The Morgan fingerprint density at radius 1 is 1.05 bits per heavy atom. The van der Waals surface area contributed by atoms with E-state index in [9.17, 15) is 14.0 Å². The second-order valence-electron chi connectivity index (χ2n) is 9.61. The van der Waals surface area contributed by atoms with Crippen LogP contribution in [0.4, 0.5) is 10.1 Å². The van der Waals surface area contributed by atoms with Crippen molar-refractivity contribution in [2.45, 2.75) is 19.9 Å². The maximum Gasteiger partial charge on any atom is 0.271 e. The Bertz CT molecular complexity index is 2010. The molecule has 0 fully saturated rings. The molecule has 9 heteroatoms. The predicted octanol–water partition coefficient (Wildman–Crippen LogP) is 6.23. The number of allylic oxidation sites excluding steroid dienone is 1. The Balaban J connectivity index is 1.45. The fraction of sp³-hybridized carbons (Fsp3) is 0.0938. The van der Waals surface area contributed by atoms with Crippen LogP contribution >= 0.6 is 22.9 Å². The third kappa shape index (κ3) is 5.19. The van der Waals surface area contributed by atoms with Crippen LogP contribution in [0.2, 0.25) is 5.02 Å². The summed E-state index contributed by atoms with van der Waals surface area (Å²) in [4.78, 5) is 32.5. The molecule has 0 saturated heterocycles. The molecule has 0 aliphatic carbocycles. The number of fused-ring (bicyclic) bond motifs is 1. The van der Waals surface area contributed by atoms with Crippen LogP contribution in [0, 0.1) is 12.7 Å². The minimum atomic E-state index is -0.806. The van der Waals surface area contributed by atoms with Crippen molar-refractivity contribution in [2.24, 2.45) is 4.99 Å². The van der Waals surface area contributed by atoms with Crippen LogP contribution in [-0.2, 0) is 4.79 Å². The van der Waals surface area contributed by atoms with E-state index in [1.54, 1.807) is 43.3 Å². The zero-order valence-electron chi connectivity index (χ0n) is 22.0. The number of hydrogen-bond donors (Lipinski definition) is 1. The van der Waals surface area contributed by atoms with E-state index in [0.717, 1.165) is 11.1 Å². The van der Waals surface area contributed by atoms with E-state index in [-0.39, 0.29) is 5.56 Å². The summed E-state index contributed by atoms with van der Waals surface area (Å²) in [6, 6.07) is 23.2. The predicted molar refractivity (Wildman–Crippen MR) is 159 cm³/mol. The SMILES string of the molecule is CC1=C(C(=O)Nc2ccccc2)C(c2ccc(F)cc2)n2c(s/c(=C\c3ccc(-c4cc(Cl)ccc4C)o3)c2=O)=N1. The zero-order valence-corrected chi connectivity index (χ0v) is 23.6. The number of hydrogen-bond acceptors (Lipinski definition) is 5. The standard InChI is InChI=1S/C32H23ClFN3O3S/c1-18-8-11-21(33)16-25(18)26-15-14-24(40-26)17-27-31(39)37-29(20-9-12-22(34)13-10-20)28(19(2)35-32(37)41-27)30(38)36-23-6-4-3-5-7-23/h3-17,29H,1-2H3,(H,36,38)/b27-17-. The molecular formula is C32H23ClFN3O3S. The number of halogens is 2. The molecule has 3 heterocycles. The highest BCUT2D eigenvalue weighted by Gasteiger charge is 2.32. The molecule has 0 saturated carbocycles. The highest BCUT2D eigenvalue weighted by Crippen LogP contribution is 2.31. The summed E-state index contributed by atoms with van der Waals surface area (Å²) in [5.74, 6) is 0.305. The van der Waals surface area contributed by atoms with Gasteiger partial charge in [-0.2, -0.15) is 0 Å². The van der Waals surface area contributed by atoms with Crippen LogP contribution in [0.15, 0.2) is 110 Å². The van der Waals surface area contributed by atoms with Crippen LogP contribution in [0.3, 0.4) is 0 Å². The molecule has 2 aromatic heterocycles. The number of rotatable bonds is 5. The van der Waals surface area contributed by atoms with Crippen molar-refractivity contribution in [3.8, 4) is 11.3 Å². The number of furan rings is 1. The highest BCUT2D eigenvalue weighted by atomic mass is 35.5. The monoisotopic (exact) mass is 583 g/mol. The van der Waals surface area contributed by atoms with Crippen molar-refractivity contribution in [2.75, 3.05) is 5.32 Å². The minimum absolute atomic E-state index is 0.302. The number of nitrogens with zero attached hydrogens (tertiary/aromatic N) is 2. The molecule has 6 rings (SSSR count). The van der Waals surface area contributed by atoms with E-state index in [4.69, 9.17) is 16.0 Å². The van der Waals surface area contributed by atoms with E-state index in [1.807, 2.05) is 49.4 Å². The zero-order chi connectivity index (χ0) is 28.7. The summed E-state index contributed by atoms with van der Waals surface area (Å²) >= 11 is 7.39. The number of carbonyl (C=O) groups excluding carboxylic acids is 1. The average molecular weight is 584 g/mol. The van der Waals surface area contributed by atoms with Crippen molar-refractivity contribution in [1.29, 1.82) is 0 Å². The number of nitrogens with one attached hydrogen (secondary N) is 1. The number of para-hydroxylation sites is 1. The largest absolute Gasteiger partial charge is 0.457 e. The summed E-state index contributed by atoms with van der Waals surface area (Å²) in [5.41, 5.74) is 3.50. The molecule has 204 valence electrons. The lowest BCUT2D eigenvalue weighted by Crippen LogP contribution is -2.40. The number of aromatic nitrogens is 1. The summed E-state index contributed by atoms with van der Waals surface area (Å²) in [6.07, 6.45) is 1.66. The third-order valence-electron chi connectivity index (χ3n) is 6.85. The Morgan fingerprint density at radius 2 is 1.80 bits per heavy atom. The van der Waals surface area contributed by atoms with Gasteiger partial charge in [-0.1, -0.05) is 59.3 Å². The molecule has 1 N–H and O–H groups in total. The van der Waals surface area contributed by atoms with Crippen LogP contribution in [0.25, 0.3) is 17.4 Å². The summed E-state index contributed by atoms with van der Waals surface area (Å²) in [6.45, 7) is 3.70.